The molecular weight excluding hydrogens is 554 g/mol. The predicted octanol–water partition coefficient (Wildman–Crippen LogP) is 4.07. The fourth-order valence-corrected chi connectivity index (χ4v) is 7.12. The maximum Gasteiger partial charge on any atom is 0.264 e. The summed E-state index contributed by atoms with van der Waals surface area (Å²) in [5.41, 5.74) is 0.687. The molecule has 0 aromatic heterocycles. The molecule has 184 valence electrons. The second-order valence-electron chi connectivity index (χ2n) is 7.99. The standard InChI is InChI=1S/C24H24BrN3O5S2/c25-19-7-6-8-21(17-19)28(35(32,33)22-9-2-1-3-10-22)18-24(29)26-20-11-13-23(14-12-20)34(30,31)27-15-4-5-16-27/h1-3,6-14,17H,4-5,15-16,18H2,(H,26,29). The fraction of sp³-hybridized carbons (Fsp3) is 0.208. The lowest BCUT2D eigenvalue weighted by atomic mass is 10.3. The fourth-order valence-electron chi connectivity index (χ4n) is 3.78. The molecule has 3 aromatic rings. The summed E-state index contributed by atoms with van der Waals surface area (Å²) in [4.78, 5) is 13.1. The third kappa shape index (κ3) is 5.75. The zero-order chi connectivity index (χ0) is 25.1. The predicted molar refractivity (Wildman–Crippen MR) is 138 cm³/mol. The molecule has 0 atom stereocenters. The molecule has 1 saturated heterocycles. The summed E-state index contributed by atoms with van der Waals surface area (Å²) >= 11 is 3.35. The van der Waals surface area contributed by atoms with Crippen molar-refractivity contribution in [3.05, 3.63) is 83.3 Å². The first-order chi connectivity index (χ1) is 16.7. The van der Waals surface area contributed by atoms with Crippen molar-refractivity contribution < 1.29 is 21.6 Å². The summed E-state index contributed by atoms with van der Waals surface area (Å²) in [6, 6.07) is 20.4. The van der Waals surface area contributed by atoms with Crippen molar-refractivity contribution in [1.29, 1.82) is 0 Å². The van der Waals surface area contributed by atoms with Crippen LogP contribution < -0.4 is 9.62 Å². The van der Waals surface area contributed by atoms with E-state index in [-0.39, 0.29) is 9.79 Å². The van der Waals surface area contributed by atoms with Gasteiger partial charge >= 0.3 is 0 Å². The van der Waals surface area contributed by atoms with E-state index in [2.05, 4.69) is 21.2 Å². The number of carbonyl (C=O) groups is 1. The summed E-state index contributed by atoms with van der Waals surface area (Å²) in [5.74, 6) is -0.570. The minimum atomic E-state index is -4.03. The van der Waals surface area contributed by atoms with Gasteiger partial charge in [0.1, 0.15) is 6.54 Å². The van der Waals surface area contributed by atoms with Crippen LogP contribution in [0.1, 0.15) is 12.8 Å². The van der Waals surface area contributed by atoms with Crippen molar-refractivity contribution in [2.24, 2.45) is 0 Å². The van der Waals surface area contributed by atoms with Gasteiger partial charge < -0.3 is 5.32 Å². The first-order valence-corrected chi connectivity index (χ1v) is 14.6. The molecule has 4 rings (SSSR count). The normalized spacial score (nSPS) is 14.5. The summed E-state index contributed by atoms with van der Waals surface area (Å²) in [5, 5.41) is 2.66. The number of carbonyl (C=O) groups excluding carboxylic acids is 1. The van der Waals surface area contributed by atoms with Gasteiger partial charge in [-0.1, -0.05) is 40.2 Å². The summed E-state index contributed by atoms with van der Waals surface area (Å²) in [7, 11) is -7.59. The van der Waals surface area contributed by atoms with E-state index in [0.717, 1.165) is 17.1 Å². The molecule has 0 aliphatic carbocycles. The van der Waals surface area contributed by atoms with Gasteiger partial charge in [-0.15, -0.1) is 0 Å². The lowest BCUT2D eigenvalue weighted by Gasteiger charge is -2.24. The van der Waals surface area contributed by atoms with Gasteiger partial charge in [0, 0.05) is 23.2 Å². The first kappa shape index (κ1) is 25.4. The second-order valence-corrected chi connectivity index (χ2v) is 12.7. The zero-order valence-electron chi connectivity index (χ0n) is 18.7. The molecule has 0 saturated carbocycles. The number of sulfonamides is 2. The Morgan fingerprint density at radius 2 is 1.51 bits per heavy atom. The van der Waals surface area contributed by atoms with Gasteiger partial charge in [-0.2, -0.15) is 4.31 Å². The van der Waals surface area contributed by atoms with Crippen LogP contribution in [0.4, 0.5) is 11.4 Å². The van der Waals surface area contributed by atoms with E-state index < -0.39 is 32.5 Å². The molecule has 0 bridgehead atoms. The molecule has 8 nitrogen and oxygen atoms in total. The number of anilines is 2. The van der Waals surface area contributed by atoms with Crippen LogP contribution in [-0.4, -0.2) is 46.7 Å². The van der Waals surface area contributed by atoms with Crippen LogP contribution in [0.3, 0.4) is 0 Å². The molecule has 11 heteroatoms. The molecule has 35 heavy (non-hydrogen) atoms. The van der Waals surface area contributed by atoms with Crippen LogP contribution in [0.15, 0.2) is 93.1 Å². The highest BCUT2D eigenvalue weighted by atomic mass is 79.9. The highest BCUT2D eigenvalue weighted by Crippen LogP contribution is 2.27. The first-order valence-electron chi connectivity index (χ1n) is 10.9. The summed E-state index contributed by atoms with van der Waals surface area (Å²) in [6.45, 7) is 0.534. The Bertz CT molecular complexity index is 1410. The Kier molecular flexibility index (Phi) is 7.60. The minimum absolute atomic E-state index is 0.0595. The Morgan fingerprint density at radius 1 is 0.857 bits per heavy atom. The SMILES string of the molecule is O=C(CN(c1cccc(Br)c1)S(=O)(=O)c1ccccc1)Nc1ccc(S(=O)(=O)N2CCCC2)cc1. The van der Waals surface area contributed by atoms with Crippen LogP contribution in [0.2, 0.25) is 0 Å². The van der Waals surface area contributed by atoms with E-state index >= 15 is 0 Å². The number of halogens is 1. The Morgan fingerprint density at radius 3 is 2.14 bits per heavy atom. The molecule has 3 aromatic carbocycles. The molecule has 1 amide bonds. The van der Waals surface area contributed by atoms with Crippen molar-refractivity contribution in [1.82, 2.24) is 4.31 Å². The maximum absolute atomic E-state index is 13.4. The van der Waals surface area contributed by atoms with E-state index in [9.17, 15) is 21.6 Å². The average Bonchev–Trinajstić information content (AvgIpc) is 3.39. The number of benzene rings is 3. The lowest BCUT2D eigenvalue weighted by Crippen LogP contribution is -2.38. The summed E-state index contributed by atoms with van der Waals surface area (Å²) in [6.07, 6.45) is 1.68. The van der Waals surface area contributed by atoms with E-state index in [1.807, 2.05) is 0 Å². The van der Waals surface area contributed by atoms with Crippen LogP contribution in [0, 0.1) is 0 Å². The number of hydrogen-bond donors (Lipinski definition) is 1. The number of amides is 1. The molecule has 1 aliphatic heterocycles. The molecule has 0 unspecified atom stereocenters. The number of hydrogen-bond acceptors (Lipinski definition) is 5. The van der Waals surface area contributed by atoms with E-state index in [1.54, 1.807) is 42.5 Å². The highest BCUT2D eigenvalue weighted by Gasteiger charge is 2.28. The Hall–Kier alpha value is -2.73. The molecule has 1 heterocycles. The maximum atomic E-state index is 13.4. The van der Waals surface area contributed by atoms with Gasteiger partial charge in [0.25, 0.3) is 10.0 Å². The van der Waals surface area contributed by atoms with Crippen molar-refractivity contribution in [2.75, 3.05) is 29.3 Å². The minimum Gasteiger partial charge on any atom is -0.325 e. The van der Waals surface area contributed by atoms with Crippen molar-refractivity contribution >= 4 is 53.3 Å². The van der Waals surface area contributed by atoms with E-state index in [1.165, 1.54) is 40.7 Å². The molecule has 0 spiro atoms. The number of rotatable bonds is 8. The van der Waals surface area contributed by atoms with Gasteiger partial charge in [0.2, 0.25) is 15.9 Å². The molecule has 1 aliphatic rings. The largest absolute Gasteiger partial charge is 0.325 e. The lowest BCUT2D eigenvalue weighted by molar-refractivity contribution is -0.114. The topological polar surface area (TPSA) is 104 Å². The number of nitrogens with zero attached hydrogens (tertiary/aromatic N) is 2. The highest BCUT2D eigenvalue weighted by molar-refractivity contribution is 9.10. The zero-order valence-corrected chi connectivity index (χ0v) is 21.9. The second kappa shape index (κ2) is 10.5. The van der Waals surface area contributed by atoms with Gasteiger partial charge in [-0.25, -0.2) is 16.8 Å². The van der Waals surface area contributed by atoms with E-state index in [0.29, 0.717) is 28.9 Å². The van der Waals surface area contributed by atoms with Gasteiger partial charge in [-0.3, -0.25) is 9.10 Å². The number of nitrogens with one attached hydrogen (secondary N) is 1. The molecule has 1 fully saturated rings. The van der Waals surface area contributed by atoms with Crippen molar-refractivity contribution in [3.63, 3.8) is 0 Å². The van der Waals surface area contributed by atoms with Gasteiger partial charge in [0.05, 0.1) is 15.5 Å². The molecule has 0 radical (unpaired) electrons. The monoisotopic (exact) mass is 577 g/mol. The van der Waals surface area contributed by atoms with E-state index in [4.69, 9.17) is 0 Å². The Labute approximate surface area is 213 Å². The van der Waals surface area contributed by atoms with Crippen LogP contribution >= 0.6 is 15.9 Å². The third-order valence-electron chi connectivity index (χ3n) is 5.56. The summed E-state index contributed by atoms with van der Waals surface area (Å²) < 4.78 is 55.3. The van der Waals surface area contributed by atoms with Crippen LogP contribution in [-0.2, 0) is 24.8 Å². The quantitative estimate of drug-likeness (QED) is 0.434. The average molecular weight is 579 g/mol. The van der Waals surface area contributed by atoms with Crippen molar-refractivity contribution in [3.8, 4) is 0 Å². The van der Waals surface area contributed by atoms with Crippen LogP contribution in [0.25, 0.3) is 0 Å². The van der Waals surface area contributed by atoms with Gasteiger partial charge in [-0.05, 0) is 67.4 Å². The Balaban J connectivity index is 1.55. The smallest absolute Gasteiger partial charge is 0.264 e. The molecule has 1 N–H and O–H groups in total. The molecular formula is C24H24BrN3O5S2. The van der Waals surface area contributed by atoms with Crippen LogP contribution in [0.5, 0.6) is 0 Å². The third-order valence-corrected chi connectivity index (χ3v) is 9.75. The van der Waals surface area contributed by atoms with Gasteiger partial charge in [0.15, 0.2) is 0 Å². The van der Waals surface area contributed by atoms with Crippen molar-refractivity contribution in [2.45, 2.75) is 22.6 Å².